The Morgan fingerprint density at radius 2 is 1.21 bits per heavy atom. The molecule has 0 spiro atoms. The first-order valence-corrected chi connectivity index (χ1v) is 13.4. The highest BCUT2D eigenvalue weighted by Gasteiger charge is 2.17. The van der Waals surface area contributed by atoms with Crippen LogP contribution in [0.5, 0.6) is 0 Å². The van der Waals surface area contributed by atoms with Crippen LogP contribution < -0.4 is 0 Å². The van der Waals surface area contributed by atoms with E-state index in [9.17, 15) is 4.39 Å². The molecule has 6 heteroatoms. The molecule has 2 nitrogen and oxygen atoms in total. The number of thiophene rings is 2. The zero-order valence-electron chi connectivity index (χ0n) is 18.3. The minimum atomic E-state index is -0.171. The standard InChI is InChI=1S/C28H19FN2S3/c1-2-17-8-9-19(22(29)16-17)24-14-15-26(33-24)21-11-10-20(27-28(21)31-34-30-27)25-13-12-23(32-25)18-6-4-3-5-7-18/h3-16H,2H2,1H3. The molecule has 3 heterocycles. The molecule has 0 unspecified atom stereocenters. The third-order valence-corrected chi connectivity index (χ3v) is 8.77. The normalized spacial score (nSPS) is 11.4. The quantitative estimate of drug-likeness (QED) is 0.237. The number of aryl methyl sites for hydroxylation is 1. The van der Waals surface area contributed by atoms with E-state index in [1.54, 1.807) is 28.7 Å². The first kappa shape index (κ1) is 21.4. The Labute approximate surface area is 209 Å². The van der Waals surface area contributed by atoms with Crippen molar-refractivity contribution in [3.63, 3.8) is 0 Å². The molecule has 0 bridgehead atoms. The van der Waals surface area contributed by atoms with Crippen LogP contribution in [0.15, 0.2) is 84.9 Å². The van der Waals surface area contributed by atoms with E-state index in [1.165, 1.54) is 27.0 Å². The van der Waals surface area contributed by atoms with Crippen LogP contribution in [-0.2, 0) is 6.42 Å². The Kier molecular flexibility index (Phi) is 5.57. The Morgan fingerprint density at radius 1 is 0.647 bits per heavy atom. The first-order chi connectivity index (χ1) is 16.7. The molecule has 0 aliphatic carbocycles. The minimum Gasteiger partial charge on any atom is -0.206 e. The third kappa shape index (κ3) is 3.78. The Hall–Kier alpha value is -3.19. The lowest BCUT2D eigenvalue weighted by molar-refractivity contribution is 0.629. The summed E-state index contributed by atoms with van der Waals surface area (Å²) < 4.78 is 24.0. The molecule has 0 saturated carbocycles. The number of halogens is 1. The van der Waals surface area contributed by atoms with E-state index < -0.39 is 0 Å². The number of fused-ring (bicyclic) bond motifs is 1. The van der Waals surface area contributed by atoms with Gasteiger partial charge in [0.05, 0.1) is 11.7 Å². The molecule has 0 amide bonds. The van der Waals surface area contributed by atoms with Crippen molar-refractivity contribution in [2.45, 2.75) is 13.3 Å². The van der Waals surface area contributed by atoms with Crippen molar-refractivity contribution in [1.82, 2.24) is 8.75 Å². The van der Waals surface area contributed by atoms with E-state index >= 15 is 0 Å². The van der Waals surface area contributed by atoms with Gasteiger partial charge >= 0.3 is 0 Å². The summed E-state index contributed by atoms with van der Waals surface area (Å²) in [4.78, 5) is 4.39. The Balaban J connectivity index is 1.38. The highest BCUT2D eigenvalue weighted by atomic mass is 32.1. The predicted molar refractivity (Wildman–Crippen MR) is 144 cm³/mol. The zero-order valence-corrected chi connectivity index (χ0v) is 20.7. The molecule has 0 saturated heterocycles. The topological polar surface area (TPSA) is 25.8 Å². The molecule has 0 N–H and O–H groups in total. The molecular weight excluding hydrogens is 480 g/mol. The number of nitrogens with zero attached hydrogens (tertiary/aromatic N) is 2. The lowest BCUT2D eigenvalue weighted by atomic mass is 10.1. The summed E-state index contributed by atoms with van der Waals surface area (Å²) in [6.07, 6.45) is 0.825. The molecule has 0 aliphatic heterocycles. The summed E-state index contributed by atoms with van der Waals surface area (Å²) in [5.41, 5.74) is 6.81. The smallest absolute Gasteiger partial charge is 0.132 e. The van der Waals surface area contributed by atoms with Gasteiger partial charge < -0.3 is 0 Å². The maximum Gasteiger partial charge on any atom is 0.132 e. The van der Waals surface area contributed by atoms with Crippen molar-refractivity contribution in [2.24, 2.45) is 0 Å². The van der Waals surface area contributed by atoms with Crippen LogP contribution >= 0.6 is 34.4 Å². The molecule has 3 aromatic carbocycles. The van der Waals surface area contributed by atoms with Gasteiger partial charge in [0.2, 0.25) is 0 Å². The Bertz CT molecular complexity index is 1610. The second-order valence-corrected chi connectivity index (χ2v) is 10.7. The SMILES string of the molecule is CCc1ccc(-c2ccc(-c3ccc(-c4ccc(-c5ccccc5)s4)c4nsnc34)s2)c(F)c1. The average molecular weight is 499 g/mol. The van der Waals surface area contributed by atoms with Gasteiger partial charge in [0.25, 0.3) is 0 Å². The van der Waals surface area contributed by atoms with E-state index in [4.69, 9.17) is 0 Å². The fourth-order valence-electron chi connectivity index (χ4n) is 4.11. The molecule has 0 radical (unpaired) electrons. The zero-order chi connectivity index (χ0) is 23.1. The van der Waals surface area contributed by atoms with E-state index in [2.05, 4.69) is 63.3 Å². The van der Waals surface area contributed by atoms with Crippen molar-refractivity contribution in [3.05, 3.63) is 96.3 Å². The van der Waals surface area contributed by atoms with Gasteiger partial charge in [-0.2, -0.15) is 8.75 Å². The molecule has 0 aliphatic rings. The largest absolute Gasteiger partial charge is 0.206 e. The van der Waals surface area contributed by atoms with Crippen LogP contribution in [0.1, 0.15) is 12.5 Å². The number of rotatable bonds is 5. The summed E-state index contributed by atoms with van der Waals surface area (Å²) in [5, 5.41) is 0. The fourth-order valence-corrected chi connectivity index (χ4v) is 6.78. The van der Waals surface area contributed by atoms with E-state index in [0.29, 0.717) is 5.56 Å². The summed E-state index contributed by atoms with van der Waals surface area (Å²) >= 11 is 4.58. The van der Waals surface area contributed by atoms with E-state index in [-0.39, 0.29) is 5.82 Å². The highest BCUT2D eigenvalue weighted by molar-refractivity contribution is 7.19. The summed E-state index contributed by atoms with van der Waals surface area (Å²) in [7, 11) is 0. The van der Waals surface area contributed by atoms with Gasteiger partial charge in [-0.25, -0.2) is 4.39 Å². The average Bonchev–Trinajstić information content (AvgIpc) is 3.65. The monoisotopic (exact) mass is 498 g/mol. The van der Waals surface area contributed by atoms with Crippen LogP contribution in [0.3, 0.4) is 0 Å². The van der Waals surface area contributed by atoms with Crippen LogP contribution in [0.2, 0.25) is 0 Å². The van der Waals surface area contributed by atoms with E-state index in [1.807, 2.05) is 31.2 Å². The minimum absolute atomic E-state index is 0.171. The molecular formula is C28H19FN2S3. The van der Waals surface area contributed by atoms with Gasteiger partial charge in [-0.3, -0.25) is 0 Å². The molecule has 6 rings (SSSR count). The number of hydrogen-bond donors (Lipinski definition) is 0. The Morgan fingerprint density at radius 3 is 1.82 bits per heavy atom. The fraction of sp³-hybridized carbons (Fsp3) is 0.0714. The molecule has 0 atom stereocenters. The lowest BCUT2D eigenvalue weighted by Crippen LogP contribution is -1.86. The van der Waals surface area contributed by atoms with Crippen molar-refractivity contribution in [2.75, 3.05) is 0 Å². The van der Waals surface area contributed by atoms with Gasteiger partial charge in [-0.05, 0) is 47.9 Å². The van der Waals surface area contributed by atoms with Crippen molar-refractivity contribution in [1.29, 1.82) is 0 Å². The van der Waals surface area contributed by atoms with Gasteiger partial charge in [0.15, 0.2) is 0 Å². The van der Waals surface area contributed by atoms with Crippen LogP contribution in [0.4, 0.5) is 4.39 Å². The van der Waals surface area contributed by atoms with Gasteiger partial charge in [0, 0.05) is 36.2 Å². The maximum atomic E-state index is 14.7. The maximum absolute atomic E-state index is 14.7. The molecule has 166 valence electrons. The third-order valence-electron chi connectivity index (χ3n) is 5.92. The predicted octanol–water partition coefficient (Wildman–Crippen LogP) is 9.18. The van der Waals surface area contributed by atoms with E-state index in [0.717, 1.165) is 43.9 Å². The summed E-state index contributed by atoms with van der Waals surface area (Å²) in [6.45, 7) is 2.03. The second-order valence-electron chi connectivity index (χ2n) is 7.98. The first-order valence-electron chi connectivity index (χ1n) is 11.0. The van der Waals surface area contributed by atoms with Crippen LogP contribution in [-0.4, -0.2) is 8.75 Å². The molecule has 0 fully saturated rings. The highest BCUT2D eigenvalue weighted by Crippen LogP contribution is 2.42. The summed E-state index contributed by atoms with van der Waals surface area (Å²) in [6, 6.07) is 28.6. The molecule has 3 aromatic heterocycles. The number of hydrogen-bond acceptors (Lipinski definition) is 5. The van der Waals surface area contributed by atoms with Gasteiger partial charge in [-0.1, -0.05) is 61.5 Å². The van der Waals surface area contributed by atoms with Gasteiger partial charge in [-0.15, -0.1) is 22.7 Å². The van der Waals surface area contributed by atoms with Gasteiger partial charge in [0.1, 0.15) is 16.9 Å². The lowest BCUT2D eigenvalue weighted by Gasteiger charge is -2.04. The molecule has 6 aromatic rings. The second kappa shape index (κ2) is 8.87. The number of benzene rings is 3. The van der Waals surface area contributed by atoms with Crippen LogP contribution in [0.25, 0.3) is 52.8 Å². The van der Waals surface area contributed by atoms with Crippen molar-refractivity contribution < 1.29 is 4.39 Å². The summed E-state index contributed by atoms with van der Waals surface area (Å²) in [5.74, 6) is -0.171. The van der Waals surface area contributed by atoms with Crippen molar-refractivity contribution in [3.8, 4) is 41.8 Å². The van der Waals surface area contributed by atoms with Crippen molar-refractivity contribution >= 4 is 45.4 Å². The number of aromatic nitrogens is 2. The van der Waals surface area contributed by atoms with Crippen LogP contribution in [0, 0.1) is 5.82 Å². The molecule has 34 heavy (non-hydrogen) atoms.